The minimum atomic E-state index is 0.404. The zero-order chi connectivity index (χ0) is 11.0. The second-order valence-corrected chi connectivity index (χ2v) is 5.16. The van der Waals surface area contributed by atoms with Crippen LogP contribution in [0.5, 0.6) is 5.75 Å². The smallest absolute Gasteiger partial charge is 0.115 e. The summed E-state index contributed by atoms with van der Waals surface area (Å²) in [7, 11) is 0. The number of phenols is 1. The molecule has 0 radical (unpaired) electrons. The summed E-state index contributed by atoms with van der Waals surface area (Å²) >= 11 is 0. The van der Waals surface area contributed by atoms with Crippen LogP contribution in [0.15, 0.2) is 24.3 Å². The van der Waals surface area contributed by atoms with Crippen LogP contribution < -0.4 is 0 Å². The molecule has 2 aliphatic heterocycles. The van der Waals surface area contributed by atoms with Crippen LogP contribution in [-0.4, -0.2) is 29.1 Å². The van der Waals surface area contributed by atoms with Gasteiger partial charge in [0, 0.05) is 12.6 Å². The molecule has 2 heteroatoms. The summed E-state index contributed by atoms with van der Waals surface area (Å²) in [4.78, 5) is 2.64. The fraction of sp³-hybridized carbons (Fsp3) is 0.571. The van der Waals surface area contributed by atoms with Crippen molar-refractivity contribution < 1.29 is 5.11 Å². The van der Waals surface area contributed by atoms with Gasteiger partial charge in [0.25, 0.3) is 0 Å². The highest BCUT2D eigenvalue weighted by atomic mass is 16.3. The van der Waals surface area contributed by atoms with E-state index in [0.29, 0.717) is 11.7 Å². The largest absolute Gasteiger partial charge is 0.508 e. The maximum absolute atomic E-state index is 9.52. The summed E-state index contributed by atoms with van der Waals surface area (Å²) in [6.45, 7) is 2.47. The maximum Gasteiger partial charge on any atom is 0.115 e. The van der Waals surface area contributed by atoms with Crippen molar-refractivity contribution in [1.29, 1.82) is 0 Å². The zero-order valence-corrected chi connectivity index (χ0v) is 9.60. The third-order valence-electron chi connectivity index (χ3n) is 4.14. The molecule has 2 saturated heterocycles. The summed E-state index contributed by atoms with van der Waals surface area (Å²) in [5.41, 5.74) is 1.31. The molecular weight excluding hydrogens is 198 g/mol. The fourth-order valence-electron chi connectivity index (χ4n) is 3.28. The highest BCUT2D eigenvalue weighted by Gasteiger charge is 2.31. The monoisotopic (exact) mass is 217 g/mol. The lowest BCUT2D eigenvalue weighted by atomic mass is 9.88. The number of piperidine rings is 1. The number of benzene rings is 1. The molecule has 2 nitrogen and oxygen atoms in total. The van der Waals surface area contributed by atoms with Gasteiger partial charge in [-0.2, -0.15) is 0 Å². The number of nitrogens with zero attached hydrogens (tertiary/aromatic N) is 1. The van der Waals surface area contributed by atoms with Gasteiger partial charge in [0.1, 0.15) is 5.75 Å². The molecule has 2 fully saturated rings. The number of rotatable bonds is 1. The van der Waals surface area contributed by atoms with Crippen LogP contribution in [0.3, 0.4) is 0 Å². The summed E-state index contributed by atoms with van der Waals surface area (Å²) < 4.78 is 0. The van der Waals surface area contributed by atoms with Crippen molar-refractivity contribution in [2.75, 3.05) is 13.1 Å². The minimum absolute atomic E-state index is 0.404. The van der Waals surface area contributed by atoms with Gasteiger partial charge in [-0.25, -0.2) is 0 Å². The Hall–Kier alpha value is -1.02. The molecular formula is C14H19NO. The Morgan fingerprint density at radius 3 is 3.00 bits per heavy atom. The summed E-state index contributed by atoms with van der Waals surface area (Å²) in [5.74, 6) is 1.03. The number of aromatic hydroxyl groups is 1. The van der Waals surface area contributed by atoms with Crippen molar-refractivity contribution >= 4 is 0 Å². The van der Waals surface area contributed by atoms with Gasteiger partial charge < -0.3 is 5.11 Å². The molecule has 1 aromatic carbocycles. The molecule has 1 aromatic rings. The van der Waals surface area contributed by atoms with Crippen LogP contribution >= 0.6 is 0 Å². The van der Waals surface area contributed by atoms with Crippen LogP contribution in [-0.2, 0) is 0 Å². The van der Waals surface area contributed by atoms with Crippen molar-refractivity contribution in [3.05, 3.63) is 29.8 Å². The first kappa shape index (κ1) is 10.2. The molecule has 16 heavy (non-hydrogen) atoms. The molecule has 2 aliphatic rings. The molecule has 1 N–H and O–H groups in total. The van der Waals surface area contributed by atoms with E-state index in [1.807, 2.05) is 12.1 Å². The number of fused-ring (bicyclic) bond motifs is 1. The normalized spacial score (nSPS) is 30.2. The van der Waals surface area contributed by atoms with Crippen molar-refractivity contribution in [2.24, 2.45) is 0 Å². The van der Waals surface area contributed by atoms with E-state index in [-0.39, 0.29) is 0 Å². The van der Waals surface area contributed by atoms with E-state index in [1.165, 1.54) is 44.3 Å². The Balaban J connectivity index is 1.76. The minimum Gasteiger partial charge on any atom is -0.508 e. The van der Waals surface area contributed by atoms with Gasteiger partial charge in [-0.3, -0.25) is 4.90 Å². The molecule has 0 amide bonds. The topological polar surface area (TPSA) is 23.5 Å². The molecule has 0 spiro atoms. The van der Waals surface area contributed by atoms with Crippen LogP contribution in [0, 0.1) is 0 Å². The first-order chi connectivity index (χ1) is 7.83. The van der Waals surface area contributed by atoms with E-state index in [0.717, 1.165) is 6.04 Å². The zero-order valence-electron chi connectivity index (χ0n) is 9.60. The van der Waals surface area contributed by atoms with Crippen LogP contribution in [0.4, 0.5) is 0 Å². The summed E-state index contributed by atoms with van der Waals surface area (Å²) in [6.07, 6.45) is 5.38. The third kappa shape index (κ3) is 1.82. The Morgan fingerprint density at radius 2 is 2.12 bits per heavy atom. The Labute approximate surface area is 96.9 Å². The molecule has 0 aliphatic carbocycles. The molecule has 86 valence electrons. The van der Waals surface area contributed by atoms with Gasteiger partial charge in [0.2, 0.25) is 0 Å². The van der Waals surface area contributed by atoms with Crippen molar-refractivity contribution in [2.45, 2.75) is 37.6 Å². The lowest BCUT2D eigenvalue weighted by molar-refractivity contribution is 0.178. The second-order valence-electron chi connectivity index (χ2n) is 5.16. The van der Waals surface area contributed by atoms with Gasteiger partial charge in [-0.1, -0.05) is 12.1 Å². The first-order valence-corrected chi connectivity index (χ1v) is 6.36. The molecule has 0 unspecified atom stereocenters. The van der Waals surface area contributed by atoms with E-state index in [9.17, 15) is 5.11 Å². The number of hydrogen-bond acceptors (Lipinski definition) is 2. The number of hydrogen-bond donors (Lipinski definition) is 1. The van der Waals surface area contributed by atoms with Crippen molar-refractivity contribution in [3.8, 4) is 5.75 Å². The molecule has 2 heterocycles. The van der Waals surface area contributed by atoms with Gasteiger partial charge in [0.15, 0.2) is 0 Å². The SMILES string of the molecule is Oc1cccc([C@@H]2CC[C@@H]3CCCN3C2)c1. The van der Waals surface area contributed by atoms with Crippen molar-refractivity contribution in [3.63, 3.8) is 0 Å². The second kappa shape index (κ2) is 4.10. The average molecular weight is 217 g/mol. The molecule has 0 aromatic heterocycles. The molecule has 3 rings (SSSR count). The van der Waals surface area contributed by atoms with Gasteiger partial charge in [-0.05, 0) is 55.8 Å². The Morgan fingerprint density at radius 1 is 1.19 bits per heavy atom. The maximum atomic E-state index is 9.52. The fourth-order valence-corrected chi connectivity index (χ4v) is 3.28. The van der Waals surface area contributed by atoms with Crippen LogP contribution in [0.1, 0.15) is 37.2 Å². The van der Waals surface area contributed by atoms with Gasteiger partial charge >= 0.3 is 0 Å². The quantitative estimate of drug-likeness (QED) is 0.782. The van der Waals surface area contributed by atoms with E-state index < -0.39 is 0 Å². The lowest BCUT2D eigenvalue weighted by Crippen LogP contribution is -2.37. The molecule has 2 atom stereocenters. The molecule has 0 saturated carbocycles. The van der Waals surface area contributed by atoms with E-state index in [2.05, 4.69) is 11.0 Å². The van der Waals surface area contributed by atoms with Gasteiger partial charge in [-0.15, -0.1) is 0 Å². The third-order valence-corrected chi connectivity index (χ3v) is 4.14. The summed E-state index contributed by atoms with van der Waals surface area (Å²) in [5, 5.41) is 9.52. The summed E-state index contributed by atoms with van der Waals surface area (Å²) in [6, 6.07) is 8.65. The van der Waals surface area contributed by atoms with E-state index in [1.54, 1.807) is 6.07 Å². The lowest BCUT2D eigenvalue weighted by Gasteiger charge is -2.35. The van der Waals surface area contributed by atoms with E-state index >= 15 is 0 Å². The van der Waals surface area contributed by atoms with Crippen LogP contribution in [0.2, 0.25) is 0 Å². The number of phenolic OH excluding ortho intramolecular Hbond substituents is 1. The highest BCUT2D eigenvalue weighted by molar-refractivity contribution is 5.30. The average Bonchev–Trinajstić information content (AvgIpc) is 2.75. The highest BCUT2D eigenvalue weighted by Crippen LogP contribution is 2.35. The van der Waals surface area contributed by atoms with Gasteiger partial charge in [0.05, 0.1) is 0 Å². The predicted molar refractivity (Wildman–Crippen MR) is 64.7 cm³/mol. The van der Waals surface area contributed by atoms with E-state index in [4.69, 9.17) is 0 Å². The van der Waals surface area contributed by atoms with Crippen LogP contribution in [0.25, 0.3) is 0 Å². The first-order valence-electron chi connectivity index (χ1n) is 6.36. The Kier molecular flexibility index (Phi) is 2.60. The Bertz CT molecular complexity index is 377. The van der Waals surface area contributed by atoms with Crippen molar-refractivity contribution in [1.82, 2.24) is 4.90 Å². The standard InChI is InChI=1S/C14H19NO/c16-14-5-1-3-11(9-14)12-6-7-13-4-2-8-15(13)10-12/h1,3,5,9,12-13,16H,2,4,6-8,10H2/t12-,13+/m1/s1. The molecule has 0 bridgehead atoms. The predicted octanol–water partition coefficient (Wildman–Crippen LogP) is 2.73.